The molecule has 11 aromatic rings. The minimum absolute atomic E-state index is 0.0675. The second kappa shape index (κ2) is 38.0. The van der Waals surface area contributed by atoms with E-state index in [-0.39, 0.29) is 29.9 Å². The fourth-order valence-electron chi connectivity index (χ4n) is 20.4. The van der Waals surface area contributed by atoms with E-state index < -0.39 is 0 Å². The van der Waals surface area contributed by atoms with Gasteiger partial charge in [0.2, 0.25) is 0 Å². The zero-order valence-corrected chi connectivity index (χ0v) is 71.2. The SMILES string of the molecule is COc1cccc2c(C(=O)C3CC3)cn(CCCN3C4CCC3CC(CCc3ccc(Cl)cc3)C4)c12.COc1cccc2c(C(=O)NCc3cccc(C)c3)cn(CCCN3C4CCC3CC(Oc3ccccc3Cl)C4)c12.COc1cccc2c(C(=O)NCc3cccc(C)c3)cn(CCCN3C4CCC3CC(Oc3ccccc3Cl)C4)c12. The lowest BCUT2D eigenvalue weighted by molar-refractivity contribution is 0.0480. The van der Waals surface area contributed by atoms with Crippen LogP contribution in [0.4, 0.5) is 0 Å². The Labute approximate surface area is 710 Å². The van der Waals surface area contributed by atoms with Crippen LogP contribution in [0.1, 0.15) is 174 Å². The summed E-state index contributed by atoms with van der Waals surface area (Å²) in [4.78, 5) is 47.8. The Morgan fingerprint density at radius 1 is 0.390 bits per heavy atom. The molecule has 7 aliphatic rings. The van der Waals surface area contributed by atoms with Crippen molar-refractivity contribution in [3.63, 3.8) is 0 Å². The number of benzene rings is 8. The van der Waals surface area contributed by atoms with Crippen LogP contribution in [0, 0.1) is 25.7 Å². The predicted octanol–water partition coefficient (Wildman–Crippen LogP) is 21.2. The third-order valence-corrected chi connectivity index (χ3v) is 27.0. The van der Waals surface area contributed by atoms with Crippen LogP contribution in [0.2, 0.25) is 15.1 Å². The molecule has 8 aromatic carbocycles. The van der Waals surface area contributed by atoms with Gasteiger partial charge in [0.15, 0.2) is 5.78 Å². The molecule has 6 atom stereocenters. The van der Waals surface area contributed by atoms with E-state index in [0.717, 1.165) is 205 Å². The molecule has 6 unspecified atom stereocenters. The summed E-state index contributed by atoms with van der Waals surface area (Å²) in [5.41, 5.74) is 11.2. The van der Waals surface area contributed by atoms with Crippen LogP contribution in [0.25, 0.3) is 32.7 Å². The van der Waals surface area contributed by atoms with Gasteiger partial charge in [0.1, 0.15) is 41.0 Å². The molecule has 0 spiro atoms. The lowest BCUT2D eigenvalue weighted by Crippen LogP contribution is -2.46. The van der Waals surface area contributed by atoms with E-state index in [1.807, 2.05) is 146 Å². The van der Waals surface area contributed by atoms with E-state index in [2.05, 4.69) is 102 Å². The van der Waals surface area contributed by atoms with E-state index in [1.54, 1.807) is 21.3 Å². The summed E-state index contributed by atoms with van der Waals surface area (Å²) in [7, 11) is 5.11. The van der Waals surface area contributed by atoms with E-state index in [0.29, 0.717) is 64.2 Å². The molecule has 16 nitrogen and oxygen atoms in total. The molecular formula is C99H113Cl3N8O8. The lowest BCUT2D eigenvalue weighted by Gasteiger charge is -2.39. The average Bonchev–Trinajstić information content (AvgIpc) is 1.62. The van der Waals surface area contributed by atoms with Gasteiger partial charge >= 0.3 is 0 Å². The van der Waals surface area contributed by atoms with Crippen LogP contribution in [0.5, 0.6) is 28.7 Å². The molecule has 0 radical (unpaired) electrons. The number of hydrogen-bond donors (Lipinski definition) is 2. The molecule has 19 heteroatoms. The normalized spacial score (nSPS) is 21.4. The zero-order valence-electron chi connectivity index (χ0n) is 68.9. The maximum absolute atomic E-state index is 13.3. The molecule has 1 saturated carbocycles. The second-order valence-electron chi connectivity index (χ2n) is 34.0. The van der Waals surface area contributed by atoms with Gasteiger partial charge in [-0.2, -0.15) is 0 Å². The van der Waals surface area contributed by atoms with Crippen LogP contribution in [0.3, 0.4) is 0 Å². The molecule has 1 aliphatic carbocycles. The highest BCUT2D eigenvalue weighted by Gasteiger charge is 2.44. The van der Waals surface area contributed by atoms with Gasteiger partial charge in [-0.3, -0.25) is 29.1 Å². The largest absolute Gasteiger partial charge is 0.495 e. The Kier molecular flexibility index (Phi) is 26.5. The highest BCUT2D eigenvalue weighted by molar-refractivity contribution is 6.32. The number of piperidine rings is 3. The molecule has 118 heavy (non-hydrogen) atoms. The van der Waals surface area contributed by atoms with Crippen molar-refractivity contribution in [3.8, 4) is 28.7 Å². The van der Waals surface area contributed by atoms with Crippen molar-refractivity contribution in [1.82, 2.24) is 39.0 Å². The zero-order chi connectivity index (χ0) is 81.3. The van der Waals surface area contributed by atoms with E-state index in [1.165, 1.54) is 74.5 Å². The smallest absolute Gasteiger partial charge is 0.253 e. The summed E-state index contributed by atoms with van der Waals surface area (Å²) in [5.74, 6) is 5.27. The van der Waals surface area contributed by atoms with Crippen LogP contribution in [-0.4, -0.2) is 135 Å². The lowest BCUT2D eigenvalue weighted by atomic mass is 9.86. The quantitative estimate of drug-likeness (QED) is 0.0415. The highest BCUT2D eigenvalue weighted by Crippen LogP contribution is 2.45. The molecule has 2 amide bonds. The maximum atomic E-state index is 13.3. The van der Waals surface area contributed by atoms with Gasteiger partial charge in [-0.1, -0.05) is 167 Å². The minimum Gasteiger partial charge on any atom is -0.495 e. The molecule has 618 valence electrons. The standard InChI is InChI=1S/2C34H38ClN3O3.C31H37ClN2O2/c2*1-23-8-5-9-24(18-23)21-36-34(39)29-22-37(33-28(29)10-6-13-32(33)40-2)16-7-17-38-25-14-15-26(38)20-27(19-25)41-31-12-4-3-11-30(31)35;1-36-29-5-2-4-27-28(31(35)23-10-11-23)20-33(30(27)29)16-3-17-34-25-14-15-26(34)19-22(18-25)7-6-21-8-12-24(32)13-9-21/h2*3-6,8-13,18,22,25-27H,7,14-17,19-21H2,1-2H3,(H,36,39);2,4-5,8-9,12-13,20,22-23,25-26H,3,6-7,10-11,14-19H2,1H3. The molecule has 9 heterocycles. The van der Waals surface area contributed by atoms with Crippen molar-refractivity contribution < 1.29 is 38.1 Å². The summed E-state index contributed by atoms with van der Waals surface area (Å²) >= 11 is 18.8. The van der Waals surface area contributed by atoms with Crippen molar-refractivity contribution in [3.05, 3.63) is 254 Å². The number of nitrogens with zero attached hydrogens (tertiary/aromatic N) is 6. The van der Waals surface area contributed by atoms with Crippen molar-refractivity contribution in [2.24, 2.45) is 11.8 Å². The van der Waals surface area contributed by atoms with Crippen molar-refractivity contribution in [2.75, 3.05) is 41.0 Å². The number of ketones is 1. The summed E-state index contributed by atoms with van der Waals surface area (Å²) in [6.45, 7) is 10.9. The number of methoxy groups -OCH3 is 3. The number of halogens is 3. The van der Waals surface area contributed by atoms with Gasteiger partial charge in [0, 0.05) is 140 Å². The molecule has 6 bridgehead atoms. The number of aryl methyl sites for hydroxylation is 6. The van der Waals surface area contributed by atoms with Crippen molar-refractivity contribution >= 4 is 85.1 Å². The average molecular weight is 1650 g/mol. The van der Waals surface area contributed by atoms with Gasteiger partial charge in [0.05, 0.1) is 59.1 Å². The Bertz CT molecular complexity index is 5050. The van der Waals surface area contributed by atoms with E-state index in [4.69, 9.17) is 58.5 Å². The Hall–Kier alpha value is -9.26. The number of carbonyl (C=O) groups is 3. The van der Waals surface area contributed by atoms with Gasteiger partial charge in [-0.25, -0.2) is 0 Å². The van der Waals surface area contributed by atoms with Crippen LogP contribution < -0.4 is 34.3 Å². The number of ether oxygens (including phenoxy) is 5. The molecular weight excluding hydrogens is 1540 g/mol. The summed E-state index contributed by atoms with van der Waals surface area (Å²) in [6, 6.07) is 62.0. The van der Waals surface area contributed by atoms with Gasteiger partial charge < -0.3 is 48.0 Å². The number of fused-ring (bicyclic) bond motifs is 9. The maximum Gasteiger partial charge on any atom is 0.253 e. The number of rotatable bonds is 30. The predicted molar refractivity (Wildman–Crippen MR) is 474 cm³/mol. The molecule has 7 fully saturated rings. The van der Waals surface area contributed by atoms with Gasteiger partial charge in [-0.15, -0.1) is 0 Å². The number of carbonyl (C=O) groups excluding carboxylic acids is 3. The number of Topliss-reactive ketones (excluding diaryl/α,β-unsaturated/α-hetero) is 1. The van der Waals surface area contributed by atoms with E-state index in [9.17, 15) is 14.4 Å². The third-order valence-electron chi connectivity index (χ3n) is 26.1. The van der Waals surface area contributed by atoms with Crippen LogP contribution in [-0.2, 0) is 39.1 Å². The second-order valence-corrected chi connectivity index (χ2v) is 35.2. The third kappa shape index (κ3) is 19.1. The van der Waals surface area contributed by atoms with Gasteiger partial charge in [0.25, 0.3) is 11.8 Å². The number of para-hydroxylation sites is 5. The van der Waals surface area contributed by atoms with Crippen molar-refractivity contribution in [2.45, 2.75) is 217 Å². The van der Waals surface area contributed by atoms with Crippen LogP contribution in [0.15, 0.2) is 195 Å². The first kappa shape index (κ1) is 82.4. The van der Waals surface area contributed by atoms with E-state index >= 15 is 0 Å². The number of amides is 2. The van der Waals surface area contributed by atoms with Crippen molar-refractivity contribution in [1.29, 1.82) is 0 Å². The Morgan fingerprint density at radius 3 is 1.14 bits per heavy atom. The Morgan fingerprint density at radius 2 is 0.754 bits per heavy atom. The monoisotopic (exact) mass is 1650 g/mol. The molecule has 3 aromatic heterocycles. The summed E-state index contributed by atoms with van der Waals surface area (Å²) in [5, 5.41) is 11.3. The molecule has 2 N–H and O–H groups in total. The topological polar surface area (TPSA) is 146 Å². The summed E-state index contributed by atoms with van der Waals surface area (Å²) in [6.07, 6.45) is 28.5. The number of aromatic nitrogens is 3. The first-order chi connectivity index (χ1) is 57.6. The molecule has 18 rings (SSSR count). The number of hydrogen-bond acceptors (Lipinski definition) is 11. The van der Waals surface area contributed by atoms with Gasteiger partial charge in [-0.05, 0) is 213 Å². The fourth-order valence-corrected chi connectivity index (χ4v) is 20.9. The number of nitrogens with one attached hydrogen (secondary N) is 2. The first-order valence-corrected chi connectivity index (χ1v) is 44.3. The Balaban J connectivity index is 0.000000133. The summed E-state index contributed by atoms with van der Waals surface area (Å²) < 4.78 is 36.5. The molecule has 6 aliphatic heterocycles. The minimum atomic E-state index is -0.0675. The first-order valence-electron chi connectivity index (χ1n) is 43.1. The highest BCUT2D eigenvalue weighted by atomic mass is 35.5. The molecule has 6 saturated heterocycles. The van der Waals surface area contributed by atoms with Crippen LogP contribution >= 0.6 is 34.8 Å². The fraction of sp³-hybridized carbons (Fsp3) is 0.424.